The van der Waals surface area contributed by atoms with Crippen LogP contribution >= 0.6 is 0 Å². The molecule has 0 aliphatic rings. The molecule has 0 spiro atoms. The zero-order valence-electron chi connectivity index (χ0n) is 11.1. The Bertz CT molecular complexity index is 393. The highest BCUT2D eigenvalue weighted by Crippen LogP contribution is 2.01. The molecule has 116 valence electrons. The van der Waals surface area contributed by atoms with Gasteiger partial charge in [0.15, 0.2) is 0 Å². The second-order valence-electron chi connectivity index (χ2n) is 4.43. The fraction of sp³-hybridized carbons (Fsp3) is 1.00. The third-order valence-corrected chi connectivity index (χ3v) is 4.14. The fourth-order valence-corrected chi connectivity index (χ4v) is 2.61. The highest BCUT2D eigenvalue weighted by Gasteiger charge is 2.06. The number of nitrogens with zero attached hydrogens (tertiary/aromatic N) is 1. The van der Waals surface area contributed by atoms with Gasteiger partial charge in [0.05, 0.1) is 20.2 Å². The highest BCUT2D eigenvalue weighted by molar-refractivity contribution is 7.85. The van der Waals surface area contributed by atoms with Crippen molar-refractivity contribution in [2.24, 2.45) is 0 Å². The van der Waals surface area contributed by atoms with Gasteiger partial charge < -0.3 is 14.0 Å². The predicted octanol–water partition coefficient (Wildman–Crippen LogP) is -0.0409. The van der Waals surface area contributed by atoms with Crippen LogP contribution in [0.5, 0.6) is 0 Å². The molecule has 0 atom stereocenters. The van der Waals surface area contributed by atoms with E-state index < -0.39 is 31.7 Å². The fourth-order valence-electron chi connectivity index (χ4n) is 1.65. The minimum absolute atomic E-state index is 0.222. The van der Waals surface area contributed by atoms with Gasteiger partial charge in [0, 0.05) is 11.5 Å². The summed E-state index contributed by atoms with van der Waals surface area (Å²) in [5.74, 6) is -0.842. The Morgan fingerprint density at radius 1 is 0.789 bits per heavy atom. The number of hydrogen-bond acceptors (Lipinski definition) is 7. The van der Waals surface area contributed by atoms with Gasteiger partial charge in [0.2, 0.25) is 0 Å². The molecule has 0 bridgehead atoms. The van der Waals surface area contributed by atoms with Crippen molar-refractivity contribution < 1.29 is 25.9 Å². The molecule has 0 fully saturated rings. The highest BCUT2D eigenvalue weighted by atomic mass is 32.2. The summed E-state index contributed by atoms with van der Waals surface area (Å²) in [6.45, 7) is 3.54. The number of hydrogen-bond donors (Lipinski definition) is 0. The molecule has 0 N–H and O–H groups in total. The molecular formula is C10H21NO6S2-2. The van der Waals surface area contributed by atoms with Gasteiger partial charge in [-0.3, -0.25) is 0 Å². The summed E-state index contributed by atoms with van der Waals surface area (Å²) < 4.78 is 62.9. The molecule has 0 saturated carbocycles. The van der Waals surface area contributed by atoms with E-state index in [0.29, 0.717) is 19.6 Å². The molecule has 0 heterocycles. The van der Waals surface area contributed by atoms with Gasteiger partial charge in [-0.25, -0.2) is 16.8 Å². The van der Waals surface area contributed by atoms with Gasteiger partial charge in [-0.15, -0.1) is 0 Å². The van der Waals surface area contributed by atoms with Crippen molar-refractivity contribution in [2.75, 3.05) is 31.1 Å². The maximum atomic E-state index is 10.5. The van der Waals surface area contributed by atoms with Crippen molar-refractivity contribution in [3.05, 3.63) is 0 Å². The van der Waals surface area contributed by atoms with Crippen LogP contribution in [-0.2, 0) is 20.2 Å². The number of rotatable bonds is 11. The quantitative estimate of drug-likeness (QED) is 0.491. The molecule has 0 aliphatic heterocycles. The first-order chi connectivity index (χ1) is 8.64. The molecule has 0 aromatic carbocycles. The van der Waals surface area contributed by atoms with Crippen molar-refractivity contribution in [2.45, 2.75) is 32.6 Å². The largest absolute Gasteiger partial charge is 0.748 e. The SMILES string of the molecule is CCCCN(CCCS(=O)(=O)[O-])CCCS(=O)(=O)[O-]. The normalized spacial score (nSPS) is 13.1. The van der Waals surface area contributed by atoms with Crippen molar-refractivity contribution in [3.63, 3.8) is 0 Å². The lowest BCUT2D eigenvalue weighted by Crippen LogP contribution is -2.29. The standard InChI is InChI=1S/C10H23NO6S2/c1-2-3-6-11(7-4-9-18(12,13)14)8-5-10-19(15,16)17/h2-10H2,1H3,(H,12,13,14)(H,15,16,17)/p-2. The summed E-state index contributed by atoms with van der Waals surface area (Å²) >= 11 is 0. The summed E-state index contributed by atoms with van der Waals surface area (Å²) in [5, 5.41) is 0. The monoisotopic (exact) mass is 315 g/mol. The second-order valence-corrected chi connectivity index (χ2v) is 7.47. The third-order valence-electron chi connectivity index (χ3n) is 2.57. The van der Waals surface area contributed by atoms with Gasteiger partial charge in [0.1, 0.15) is 0 Å². The lowest BCUT2D eigenvalue weighted by Gasteiger charge is -2.22. The van der Waals surface area contributed by atoms with E-state index in [4.69, 9.17) is 0 Å². The molecule has 0 aliphatic carbocycles. The number of unbranched alkanes of at least 4 members (excludes halogenated alkanes) is 1. The first-order valence-electron chi connectivity index (χ1n) is 6.23. The molecule has 0 amide bonds. The van der Waals surface area contributed by atoms with E-state index in [1.807, 2.05) is 11.8 Å². The van der Waals surface area contributed by atoms with Crippen LogP contribution < -0.4 is 0 Å². The third kappa shape index (κ3) is 14.0. The molecular weight excluding hydrogens is 294 g/mol. The molecule has 7 nitrogen and oxygen atoms in total. The van der Waals surface area contributed by atoms with Crippen LogP contribution in [0.4, 0.5) is 0 Å². The Labute approximate surface area is 115 Å². The molecule has 0 aromatic heterocycles. The topological polar surface area (TPSA) is 118 Å². The Kier molecular flexibility index (Phi) is 8.75. The molecule has 19 heavy (non-hydrogen) atoms. The summed E-state index contributed by atoms with van der Waals surface area (Å²) in [6, 6.07) is 0. The van der Waals surface area contributed by atoms with Gasteiger partial charge in [-0.05, 0) is 38.9 Å². The summed E-state index contributed by atoms with van der Waals surface area (Å²) in [5.41, 5.74) is 0. The summed E-state index contributed by atoms with van der Waals surface area (Å²) in [6.07, 6.45) is 2.30. The minimum Gasteiger partial charge on any atom is -0.748 e. The molecule has 0 aromatic rings. The van der Waals surface area contributed by atoms with Crippen molar-refractivity contribution in [1.29, 1.82) is 0 Å². The van der Waals surface area contributed by atoms with Gasteiger partial charge in [0.25, 0.3) is 0 Å². The Morgan fingerprint density at radius 3 is 1.47 bits per heavy atom. The average molecular weight is 315 g/mol. The van der Waals surface area contributed by atoms with E-state index in [1.165, 1.54) is 0 Å². The lowest BCUT2D eigenvalue weighted by atomic mass is 10.3. The van der Waals surface area contributed by atoms with E-state index in [0.717, 1.165) is 12.8 Å². The van der Waals surface area contributed by atoms with E-state index >= 15 is 0 Å². The van der Waals surface area contributed by atoms with Crippen LogP contribution in [0, 0.1) is 0 Å². The van der Waals surface area contributed by atoms with Crippen LogP contribution in [0.15, 0.2) is 0 Å². The van der Waals surface area contributed by atoms with Crippen molar-refractivity contribution >= 4 is 20.2 Å². The first-order valence-corrected chi connectivity index (χ1v) is 9.39. The van der Waals surface area contributed by atoms with E-state index in [2.05, 4.69) is 0 Å². The van der Waals surface area contributed by atoms with Crippen molar-refractivity contribution in [1.82, 2.24) is 4.90 Å². The van der Waals surface area contributed by atoms with Crippen LogP contribution in [0.2, 0.25) is 0 Å². The zero-order chi connectivity index (χ0) is 14.9. The Balaban J connectivity index is 4.08. The van der Waals surface area contributed by atoms with Crippen molar-refractivity contribution in [3.8, 4) is 0 Å². The predicted molar refractivity (Wildman–Crippen MR) is 69.7 cm³/mol. The summed E-state index contributed by atoms with van der Waals surface area (Å²) in [4.78, 5) is 1.89. The summed E-state index contributed by atoms with van der Waals surface area (Å²) in [7, 11) is -8.41. The van der Waals surface area contributed by atoms with Gasteiger partial charge in [-0.2, -0.15) is 0 Å². The zero-order valence-corrected chi connectivity index (χ0v) is 12.7. The van der Waals surface area contributed by atoms with Crippen LogP contribution in [0.25, 0.3) is 0 Å². The van der Waals surface area contributed by atoms with Crippen LogP contribution in [-0.4, -0.2) is 62.0 Å². The minimum atomic E-state index is -4.21. The average Bonchev–Trinajstić information content (AvgIpc) is 2.21. The molecule has 0 radical (unpaired) electrons. The molecule has 0 saturated heterocycles. The molecule has 9 heteroatoms. The Hall–Kier alpha value is -0.220. The van der Waals surface area contributed by atoms with Crippen LogP contribution in [0.1, 0.15) is 32.6 Å². The maximum Gasteiger partial charge on any atom is 0.0946 e. The van der Waals surface area contributed by atoms with E-state index in [1.54, 1.807) is 0 Å². The lowest BCUT2D eigenvalue weighted by molar-refractivity contribution is 0.269. The second kappa shape index (κ2) is 8.85. The smallest absolute Gasteiger partial charge is 0.0946 e. The van der Waals surface area contributed by atoms with Gasteiger partial charge >= 0.3 is 0 Å². The van der Waals surface area contributed by atoms with Crippen LogP contribution in [0.3, 0.4) is 0 Å². The molecule has 0 rings (SSSR count). The Morgan fingerprint density at radius 2 is 1.16 bits per heavy atom. The van der Waals surface area contributed by atoms with E-state index in [9.17, 15) is 25.9 Å². The molecule has 0 unspecified atom stereocenters. The maximum absolute atomic E-state index is 10.5. The van der Waals surface area contributed by atoms with E-state index in [-0.39, 0.29) is 12.8 Å². The first kappa shape index (κ1) is 18.8. The van der Waals surface area contributed by atoms with Gasteiger partial charge in [-0.1, -0.05) is 13.3 Å².